The second-order valence-electron chi connectivity index (χ2n) is 5.36. The molecule has 1 aromatic carbocycles. The Labute approximate surface area is 150 Å². The number of hydrogen-bond donors (Lipinski definition) is 2. The number of ether oxygens (including phenoxy) is 2. The van der Waals surface area contributed by atoms with E-state index in [1.54, 1.807) is 14.2 Å². The van der Waals surface area contributed by atoms with Crippen LogP contribution in [0, 0.1) is 0 Å². The van der Waals surface area contributed by atoms with Gasteiger partial charge in [-0.05, 0) is 38.5 Å². The number of halogens is 1. The monoisotopic (exact) mass is 421 g/mol. The Bertz CT molecular complexity index is 464. The van der Waals surface area contributed by atoms with Crippen molar-refractivity contribution in [2.24, 2.45) is 4.99 Å². The molecule has 0 spiro atoms. The standard InChI is InChI=1S/C16H27N3O2.HI/c1-6-17-15(19-12-16(2,3)21-5)18-11-13-8-7-9-14(10-13)20-4;/h7-10H,6,11-12H2,1-5H3,(H2,17,18,19);1H. The molecule has 1 aromatic rings. The van der Waals surface area contributed by atoms with Crippen LogP contribution in [0.15, 0.2) is 29.3 Å². The topological polar surface area (TPSA) is 54.9 Å². The second-order valence-corrected chi connectivity index (χ2v) is 5.36. The molecule has 0 aliphatic carbocycles. The molecule has 0 saturated heterocycles. The van der Waals surface area contributed by atoms with Crippen LogP contribution in [0.25, 0.3) is 0 Å². The van der Waals surface area contributed by atoms with Crippen molar-refractivity contribution >= 4 is 29.9 Å². The molecular formula is C16H28IN3O2. The predicted octanol–water partition coefficient (Wildman–Crippen LogP) is 2.79. The van der Waals surface area contributed by atoms with E-state index < -0.39 is 0 Å². The summed E-state index contributed by atoms with van der Waals surface area (Å²) in [7, 11) is 3.38. The molecule has 126 valence electrons. The van der Waals surface area contributed by atoms with Crippen LogP contribution in [0.2, 0.25) is 0 Å². The molecule has 22 heavy (non-hydrogen) atoms. The Balaban J connectivity index is 0.00000441. The number of benzene rings is 1. The summed E-state index contributed by atoms with van der Waals surface area (Å²) < 4.78 is 10.6. The van der Waals surface area contributed by atoms with Gasteiger partial charge in [-0.3, -0.25) is 0 Å². The number of guanidine groups is 1. The van der Waals surface area contributed by atoms with E-state index in [4.69, 9.17) is 9.47 Å². The van der Waals surface area contributed by atoms with Gasteiger partial charge in [-0.1, -0.05) is 12.1 Å². The summed E-state index contributed by atoms with van der Waals surface area (Å²) in [5.41, 5.74) is 0.879. The van der Waals surface area contributed by atoms with Gasteiger partial charge in [-0.2, -0.15) is 0 Å². The Kier molecular flexibility index (Phi) is 10.2. The molecule has 1 rings (SSSR count). The maximum absolute atomic E-state index is 5.40. The summed E-state index contributed by atoms with van der Waals surface area (Å²) in [5.74, 6) is 1.63. The number of hydrogen-bond acceptors (Lipinski definition) is 3. The van der Waals surface area contributed by atoms with E-state index in [1.165, 1.54) is 0 Å². The third kappa shape index (κ3) is 7.84. The van der Waals surface area contributed by atoms with Gasteiger partial charge in [0.1, 0.15) is 5.75 Å². The van der Waals surface area contributed by atoms with Crippen LogP contribution in [0.4, 0.5) is 0 Å². The maximum Gasteiger partial charge on any atom is 0.191 e. The molecule has 2 N–H and O–H groups in total. The third-order valence-electron chi connectivity index (χ3n) is 3.13. The van der Waals surface area contributed by atoms with Crippen LogP contribution in [0.5, 0.6) is 5.75 Å². The summed E-state index contributed by atoms with van der Waals surface area (Å²) in [6.07, 6.45) is 0. The van der Waals surface area contributed by atoms with Gasteiger partial charge < -0.3 is 20.1 Å². The zero-order chi connectivity index (χ0) is 15.7. The summed E-state index contributed by atoms with van der Waals surface area (Å²) in [6, 6.07) is 7.93. The second kappa shape index (κ2) is 10.7. The Morgan fingerprint density at radius 2 is 1.95 bits per heavy atom. The van der Waals surface area contributed by atoms with E-state index in [2.05, 4.69) is 15.6 Å². The van der Waals surface area contributed by atoms with Gasteiger partial charge in [0.15, 0.2) is 5.96 Å². The van der Waals surface area contributed by atoms with E-state index in [9.17, 15) is 0 Å². The highest BCUT2D eigenvalue weighted by Gasteiger charge is 2.16. The van der Waals surface area contributed by atoms with E-state index in [-0.39, 0.29) is 29.6 Å². The van der Waals surface area contributed by atoms with Crippen LogP contribution < -0.4 is 15.4 Å². The fourth-order valence-corrected chi connectivity index (χ4v) is 1.65. The predicted molar refractivity (Wildman–Crippen MR) is 102 cm³/mol. The molecule has 0 atom stereocenters. The first-order chi connectivity index (χ1) is 10.0. The van der Waals surface area contributed by atoms with E-state index in [1.807, 2.05) is 45.0 Å². The molecule has 0 saturated carbocycles. The van der Waals surface area contributed by atoms with Crippen LogP contribution in [0.3, 0.4) is 0 Å². The van der Waals surface area contributed by atoms with Gasteiger partial charge in [0.2, 0.25) is 0 Å². The number of methoxy groups -OCH3 is 2. The van der Waals surface area contributed by atoms with Crippen LogP contribution >= 0.6 is 24.0 Å². The van der Waals surface area contributed by atoms with Crippen molar-refractivity contribution in [3.05, 3.63) is 29.8 Å². The largest absolute Gasteiger partial charge is 0.497 e. The lowest BCUT2D eigenvalue weighted by Gasteiger charge is -2.24. The molecule has 5 nitrogen and oxygen atoms in total. The van der Waals surface area contributed by atoms with Gasteiger partial charge in [-0.25, -0.2) is 4.99 Å². The van der Waals surface area contributed by atoms with Gasteiger partial charge >= 0.3 is 0 Å². The number of nitrogens with one attached hydrogen (secondary N) is 2. The molecule has 6 heteroatoms. The molecule has 0 aliphatic rings. The number of nitrogens with zero attached hydrogens (tertiary/aromatic N) is 1. The fourth-order valence-electron chi connectivity index (χ4n) is 1.65. The van der Waals surface area contributed by atoms with Crippen molar-refractivity contribution in [1.82, 2.24) is 10.6 Å². The lowest BCUT2D eigenvalue weighted by molar-refractivity contribution is 0.0268. The van der Waals surface area contributed by atoms with Crippen LogP contribution in [0.1, 0.15) is 26.3 Å². The first kappa shape index (κ1) is 21.0. The number of aliphatic imine (C=N–C) groups is 1. The highest BCUT2D eigenvalue weighted by molar-refractivity contribution is 14.0. The molecule has 0 radical (unpaired) electrons. The Morgan fingerprint density at radius 3 is 2.55 bits per heavy atom. The van der Waals surface area contributed by atoms with Crippen LogP contribution in [-0.4, -0.2) is 38.9 Å². The van der Waals surface area contributed by atoms with Crippen LogP contribution in [-0.2, 0) is 11.3 Å². The molecule has 0 bridgehead atoms. The molecule has 0 heterocycles. The van der Waals surface area contributed by atoms with Gasteiger partial charge in [0, 0.05) is 20.2 Å². The van der Waals surface area contributed by atoms with Crippen molar-refractivity contribution < 1.29 is 9.47 Å². The Morgan fingerprint density at radius 1 is 1.23 bits per heavy atom. The van der Waals surface area contributed by atoms with E-state index >= 15 is 0 Å². The van der Waals surface area contributed by atoms with Crippen molar-refractivity contribution in [2.75, 3.05) is 27.3 Å². The summed E-state index contributed by atoms with van der Waals surface area (Å²) in [5, 5.41) is 6.52. The van der Waals surface area contributed by atoms with Crippen molar-refractivity contribution in [3.8, 4) is 5.75 Å². The van der Waals surface area contributed by atoms with Crippen molar-refractivity contribution in [3.63, 3.8) is 0 Å². The van der Waals surface area contributed by atoms with Crippen molar-refractivity contribution in [1.29, 1.82) is 0 Å². The summed E-state index contributed by atoms with van der Waals surface area (Å²) in [4.78, 5) is 4.58. The SMILES string of the molecule is CCNC(=NCc1cccc(OC)c1)NCC(C)(C)OC.I. The average Bonchev–Trinajstić information content (AvgIpc) is 2.50. The molecule has 0 aliphatic heterocycles. The minimum atomic E-state index is -0.230. The normalized spacial score (nSPS) is 11.6. The first-order valence-electron chi connectivity index (χ1n) is 7.21. The lowest BCUT2D eigenvalue weighted by Crippen LogP contribution is -2.45. The minimum Gasteiger partial charge on any atom is -0.497 e. The molecular weight excluding hydrogens is 393 g/mol. The zero-order valence-corrected chi connectivity index (χ0v) is 16.4. The minimum absolute atomic E-state index is 0. The zero-order valence-electron chi connectivity index (χ0n) is 14.1. The lowest BCUT2D eigenvalue weighted by atomic mass is 10.1. The smallest absolute Gasteiger partial charge is 0.191 e. The quantitative estimate of drug-likeness (QED) is 0.404. The van der Waals surface area contributed by atoms with Gasteiger partial charge in [0.05, 0.1) is 19.3 Å². The molecule has 0 unspecified atom stereocenters. The Hall–Kier alpha value is -1.02. The summed E-state index contributed by atoms with van der Waals surface area (Å²) in [6.45, 7) is 8.21. The highest BCUT2D eigenvalue weighted by atomic mass is 127. The average molecular weight is 421 g/mol. The molecule has 0 fully saturated rings. The van der Waals surface area contributed by atoms with E-state index in [0.29, 0.717) is 13.1 Å². The van der Waals surface area contributed by atoms with Gasteiger partial charge in [-0.15, -0.1) is 24.0 Å². The first-order valence-corrected chi connectivity index (χ1v) is 7.21. The maximum atomic E-state index is 5.40. The van der Waals surface area contributed by atoms with E-state index in [0.717, 1.165) is 23.8 Å². The number of rotatable bonds is 7. The summed E-state index contributed by atoms with van der Waals surface area (Å²) >= 11 is 0. The molecule has 0 aromatic heterocycles. The fraction of sp³-hybridized carbons (Fsp3) is 0.562. The highest BCUT2D eigenvalue weighted by Crippen LogP contribution is 2.13. The van der Waals surface area contributed by atoms with Crippen molar-refractivity contribution in [2.45, 2.75) is 32.9 Å². The third-order valence-corrected chi connectivity index (χ3v) is 3.13. The molecule has 0 amide bonds. The van der Waals surface area contributed by atoms with Gasteiger partial charge in [0.25, 0.3) is 0 Å².